The minimum atomic E-state index is -0.160. The average molecular weight is 257 g/mol. The van der Waals surface area contributed by atoms with E-state index in [0.29, 0.717) is 5.02 Å². The van der Waals surface area contributed by atoms with Crippen molar-refractivity contribution < 1.29 is 0 Å². The van der Waals surface area contributed by atoms with E-state index in [1.807, 2.05) is 36.4 Å². The molecular formula is C15H13ClN2. The quantitative estimate of drug-likeness (QED) is 0.830. The third-order valence-corrected chi connectivity index (χ3v) is 3.25. The Balaban J connectivity index is 2.08. The monoisotopic (exact) mass is 256 g/mol. The van der Waals surface area contributed by atoms with Gasteiger partial charge in [0.05, 0.1) is 12.0 Å². The summed E-state index contributed by atoms with van der Waals surface area (Å²) < 4.78 is 0. The Morgan fingerprint density at radius 2 is 1.89 bits per heavy atom. The Hall–Kier alpha value is -1.85. The molecule has 0 saturated carbocycles. The van der Waals surface area contributed by atoms with Gasteiger partial charge in [-0.1, -0.05) is 29.8 Å². The Morgan fingerprint density at radius 1 is 1.17 bits per heavy atom. The zero-order valence-corrected chi connectivity index (χ0v) is 10.6. The molecule has 2 nitrogen and oxygen atoms in total. The van der Waals surface area contributed by atoms with Gasteiger partial charge in [-0.05, 0) is 42.2 Å². The number of pyridine rings is 1. The van der Waals surface area contributed by atoms with Crippen LogP contribution in [0.1, 0.15) is 23.5 Å². The minimum absolute atomic E-state index is 0.160. The minimum Gasteiger partial charge on any atom is -0.265 e. The number of hydrogen-bond donors (Lipinski definition) is 0. The Labute approximate surface area is 112 Å². The highest BCUT2D eigenvalue weighted by molar-refractivity contribution is 6.31. The normalized spacial score (nSPS) is 11.8. The first-order valence-electron chi connectivity index (χ1n) is 5.84. The number of aromatic nitrogens is 1. The molecule has 1 aromatic heterocycles. The second-order valence-corrected chi connectivity index (χ2v) is 4.50. The first-order valence-corrected chi connectivity index (χ1v) is 6.22. The topological polar surface area (TPSA) is 36.7 Å². The summed E-state index contributed by atoms with van der Waals surface area (Å²) in [5.41, 5.74) is 2.10. The highest BCUT2D eigenvalue weighted by atomic mass is 35.5. The lowest BCUT2D eigenvalue weighted by Crippen LogP contribution is -1.99. The molecular weight excluding hydrogens is 244 g/mol. The molecule has 0 radical (unpaired) electrons. The van der Waals surface area contributed by atoms with Crippen molar-refractivity contribution in [2.75, 3.05) is 0 Å². The Kier molecular flexibility index (Phi) is 4.33. The lowest BCUT2D eigenvalue weighted by atomic mass is 9.94. The van der Waals surface area contributed by atoms with Crippen molar-refractivity contribution in [2.45, 2.75) is 18.8 Å². The van der Waals surface area contributed by atoms with E-state index in [0.717, 1.165) is 18.4 Å². The zero-order valence-electron chi connectivity index (χ0n) is 9.88. The van der Waals surface area contributed by atoms with Crippen molar-refractivity contribution >= 4 is 11.6 Å². The van der Waals surface area contributed by atoms with Gasteiger partial charge in [-0.25, -0.2) is 0 Å². The maximum absolute atomic E-state index is 9.26. The summed E-state index contributed by atoms with van der Waals surface area (Å²) >= 11 is 6.12. The molecule has 2 aromatic rings. The molecule has 0 aliphatic heterocycles. The summed E-state index contributed by atoms with van der Waals surface area (Å²) in [5.74, 6) is -0.160. The molecule has 0 aliphatic rings. The number of rotatable bonds is 4. The highest BCUT2D eigenvalue weighted by Gasteiger charge is 2.13. The van der Waals surface area contributed by atoms with Crippen LogP contribution >= 0.6 is 11.6 Å². The van der Waals surface area contributed by atoms with Crippen molar-refractivity contribution in [1.82, 2.24) is 4.98 Å². The van der Waals surface area contributed by atoms with Crippen LogP contribution in [0.4, 0.5) is 0 Å². The Morgan fingerprint density at radius 3 is 2.56 bits per heavy atom. The third-order valence-electron chi connectivity index (χ3n) is 2.91. The van der Waals surface area contributed by atoms with Crippen molar-refractivity contribution in [3.8, 4) is 6.07 Å². The van der Waals surface area contributed by atoms with Gasteiger partial charge in [0.2, 0.25) is 0 Å². The molecule has 2 rings (SSSR count). The lowest BCUT2D eigenvalue weighted by molar-refractivity contribution is 0.746. The van der Waals surface area contributed by atoms with E-state index in [9.17, 15) is 5.26 Å². The molecule has 0 spiro atoms. The van der Waals surface area contributed by atoms with Crippen LogP contribution in [0.15, 0.2) is 48.8 Å². The molecule has 18 heavy (non-hydrogen) atoms. The van der Waals surface area contributed by atoms with Gasteiger partial charge < -0.3 is 0 Å². The standard InChI is InChI=1S/C15H13ClN2/c16-15-4-2-1-3-14(15)13(11-17)6-5-12-7-9-18-10-8-12/h1-4,7-10,13H,5-6H2. The molecule has 0 amide bonds. The molecule has 90 valence electrons. The van der Waals surface area contributed by atoms with Crippen molar-refractivity contribution in [3.63, 3.8) is 0 Å². The fourth-order valence-corrected chi connectivity index (χ4v) is 2.18. The summed E-state index contributed by atoms with van der Waals surface area (Å²) in [6.45, 7) is 0. The van der Waals surface area contributed by atoms with Gasteiger partial charge >= 0.3 is 0 Å². The highest BCUT2D eigenvalue weighted by Crippen LogP contribution is 2.27. The van der Waals surface area contributed by atoms with Crippen LogP contribution in [0, 0.1) is 11.3 Å². The molecule has 1 atom stereocenters. The molecule has 0 saturated heterocycles. The SMILES string of the molecule is N#CC(CCc1ccncc1)c1ccccc1Cl. The second kappa shape index (κ2) is 6.18. The van der Waals surface area contributed by atoms with E-state index in [1.165, 1.54) is 5.56 Å². The van der Waals surface area contributed by atoms with Crippen LogP contribution < -0.4 is 0 Å². The van der Waals surface area contributed by atoms with Gasteiger partial charge in [-0.2, -0.15) is 5.26 Å². The molecule has 0 bridgehead atoms. The third kappa shape index (κ3) is 3.09. The molecule has 0 aliphatic carbocycles. The van der Waals surface area contributed by atoms with Gasteiger partial charge in [0.15, 0.2) is 0 Å². The van der Waals surface area contributed by atoms with E-state index in [1.54, 1.807) is 12.4 Å². The maximum Gasteiger partial charge on any atom is 0.0730 e. The van der Waals surface area contributed by atoms with Crippen molar-refractivity contribution in [2.24, 2.45) is 0 Å². The van der Waals surface area contributed by atoms with E-state index < -0.39 is 0 Å². The fraction of sp³-hybridized carbons (Fsp3) is 0.200. The van der Waals surface area contributed by atoms with Crippen LogP contribution in [0.25, 0.3) is 0 Å². The maximum atomic E-state index is 9.26. The average Bonchev–Trinajstić information content (AvgIpc) is 2.42. The van der Waals surface area contributed by atoms with Crippen LogP contribution in [0.5, 0.6) is 0 Å². The van der Waals surface area contributed by atoms with E-state index in [2.05, 4.69) is 11.1 Å². The van der Waals surface area contributed by atoms with Crippen molar-refractivity contribution in [3.05, 3.63) is 64.9 Å². The zero-order chi connectivity index (χ0) is 12.8. The molecule has 0 fully saturated rings. The number of halogens is 1. The van der Waals surface area contributed by atoms with Crippen LogP contribution in [-0.4, -0.2) is 4.98 Å². The van der Waals surface area contributed by atoms with Crippen LogP contribution in [0.2, 0.25) is 5.02 Å². The molecule has 1 aromatic carbocycles. The van der Waals surface area contributed by atoms with E-state index in [4.69, 9.17) is 11.6 Å². The van der Waals surface area contributed by atoms with Crippen LogP contribution in [-0.2, 0) is 6.42 Å². The fourth-order valence-electron chi connectivity index (χ4n) is 1.91. The smallest absolute Gasteiger partial charge is 0.0730 e. The molecule has 3 heteroatoms. The van der Waals surface area contributed by atoms with Gasteiger partial charge in [0.1, 0.15) is 0 Å². The second-order valence-electron chi connectivity index (χ2n) is 4.10. The first-order chi connectivity index (χ1) is 8.81. The largest absolute Gasteiger partial charge is 0.265 e. The predicted octanol–water partition coefficient (Wildman–Crippen LogP) is 3.97. The summed E-state index contributed by atoms with van der Waals surface area (Å²) in [6, 6.07) is 13.8. The summed E-state index contributed by atoms with van der Waals surface area (Å²) in [4.78, 5) is 3.98. The number of aryl methyl sites for hydroxylation is 1. The number of nitrogens with zero attached hydrogens (tertiary/aromatic N) is 2. The van der Waals surface area contributed by atoms with Crippen LogP contribution in [0.3, 0.4) is 0 Å². The van der Waals surface area contributed by atoms with E-state index >= 15 is 0 Å². The molecule has 1 unspecified atom stereocenters. The predicted molar refractivity (Wildman–Crippen MR) is 72.4 cm³/mol. The summed E-state index contributed by atoms with van der Waals surface area (Å²) in [6.07, 6.45) is 5.16. The number of benzene rings is 1. The van der Waals surface area contributed by atoms with E-state index in [-0.39, 0.29) is 5.92 Å². The number of nitriles is 1. The van der Waals surface area contributed by atoms with Gasteiger partial charge in [0.25, 0.3) is 0 Å². The molecule has 1 heterocycles. The van der Waals surface area contributed by atoms with Gasteiger partial charge in [-0.3, -0.25) is 4.98 Å². The Bertz CT molecular complexity index is 546. The van der Waals surface area contributed by atoms with Crippen molar-refractivity contribution in [1.29, 1.82) is 5.26 Å². The summed E-state index contributed by atoms with van der Waals surface area (Å²) in [7, 11) is 0. The van der Waals surface area contributed by atoms with Gasteiger partial charge in [-0.15, -0.1) is 0 Å². The number of hydrogen-bond acceptors (Lipinski definition) is 2. The lowest BCUT2D eigenvalue weighted by Gasteiger charge is -2.10. The first kappa shape index (κ1) is 12.6. The molecule has 0 N–H and O–H groups in total. The summed E-state index contributed by atoms with van der Waals surface area (Å²) in [5, 5.41) is 9.93. The van der Waals surface area contributed by atoms with Gasteiger partial charge in [0, 0.05) is 17.4 Å².